The third-order valence-electron chi connectivity index (χ3n) is 2.26. The van der Waals surface area contributed by atoms with E-state index in [0.29, 0.717) is 22.8 Å². The molecule has 19 heavy (non-hydrogen) atoms. The van der Waals surface area contributed by atoms with Crippen molar-refractivity contribution in [3.63, 3.8) is 0 Å². The maximum absolute atomic E-state index is 11.3. The van der Waals surface area contributed by atoms with Gasteiger partial charge in [-0.3, -0.25) is 30.5 Å². The van der Waals surface area contributed by atoms with Crippen molar-refractivity contribution in [2.45, 2.75) is 33.1 Å². The van der Waals surface area contributed by atoms with Crippen molar-refractivity contribution in [3.05, 3.63) is 0 Å². The van der Waals surface area contributed by atoms with Gasteiger partial charge >= 0.3 is 0 Å². The summed E-state index contributed by atoms with van der Waals surface area (Å²) in [6.07, 6.45) is 1.05. The summed E-state index contributed by atoms with van der Waals surface area (Å²) in [5.74, 6) is -0.140. The predicted molar refractivity (Wildman–Crippen MR) is 82.2 cm³/mol. The second kappa shape index (κ2) is 8.76. The summed E-state index contributed by atoms with van der Waals surface area (Å²) >= 11 is 10.2. The molecule has 0 atom stereocenters. The quantitative estimate of drug-likeness (QED) is 0.591. The Hall–Kier alpha value is -1.28. The first-order valence-electron chi connectivity index (χ1n) is 5.93. The van der Waals surface area contributed by atoms with E-state index in [2.05, 4.69) is 10.9 Å². The van der Waals surface area contributed by atoms with Crippen LogP contribution in [0, 0.1) is 0 Å². The van der Waals surface area contributed by atoms with Gasteiger partial charge in [-0.25, -0.2) is 0 Å². The minimum atomic E-state index is -0.0699. The van der Waals surface area contributed by atoms with Crippen molar-refractivity contribution in [2.24, 2.45) is 0 Å². The summed E-state index contributed by atoms with van der Waals surface area (Å²) in [5, 5.41) is 2.65. The van der Waals surface area contributed by atoms with Gasteiger partial charge in [0, 0.05) is 26.9 Å². The average molecular weight is 304 g/mol. The molecule has 0 aliphatic heterocycles. The highest BCUT2D eigenvalue weighted by atomic mass is 32.1. The predicted octanol–water partition coefficient (Wildman–Crippen LogP) is 0.777. The van der Waals surface area contributed by atoms with E-state index >= 15 is 0 Å². The summed E-state index contributed by atoms with van der Waals surface area (Å²) in [5.41, 5.74) is 5.52. The number of nitrogens with one attached hydrogen (secondary N) is 2. The summed E-state index contributed by atoms with van der Waals surface area (Å²) in [6, 6.07) is 0. The van der Waals surface area contributed by atoms with Crippen LogP contribution in [0.1, 0.15) is 33.1 Å². The fraction of sp³-hybridized carbons (Fsp3) is 0.636. The van der Waals surface area contributed by atoms with Gasteiger partial charge in [0.2, 0.25) is 11.8 Å². The zero-order valence-corrected chi connectivity index (χ0v) is 13.3. The van der Waals surface area contributed by atoms with E-state index in [-0.39, 0.29) is 18.2 Å². The Bertz CT molecular complexity index is 340. The Kier molecular flexibility index (Phi) is 8.17. The fourth-order valence-corrected chi connectivity index (χ4v) is 1.85. The van der Waals surface area contributed by atoms with Crippen molar-refractivity contribution >= 4 is 46.2 Å². The lowest BCUT2D eigenvalue weighted by atomic mass is 10.4. The molecule has 2 amide bonds. The largest absolute Gasteiger partial charge is 0.289 e. The number of carbonyl (C=O) groups excluding carboxylic acids is 2. The third kappa shape index (κ3) is 7.02. The first-order chi connectivity index (χ1) is 8.81. The minimum Gasteiger partial charge on any atom is -0.289 e. The maximum atomic E-state index is 11.3. The van der Waals surface area contributed by atoms with Gasteiger partial charge in [-0.15, -0.1) is 0 Å². The van der Waals surface area contributed by atoms with Crippen LogP contribution in [-0.4, -0.2) is 45.9 Å². The highest BCUT2D eigenvalue weighted by molar-refractivity contribution is 7.82. The van der Waals surface area contributed by atoms with E-state index in [1.807, 2.05) is 0 Å². The number of hydrogen-bond acceptors (Lipinski definition) is 4. The van der Waals surface area contributed by atoms with Gasteiger partial charge in [-0.1, -0.05) is 38.3 Å². The Morgan fingerprint density at radius 2 is 1.21 bits per heavy atom. The lowest BCUT2D eigenvalue weighted by molar-refractivity contribution is -0.131. The number of carbonyl (C=O) groups is 2. The second-order valence-corrected chi connectivity index (χ2v) is 4.84. The van der Waals surface area contributed by atoms with Crippen LogP contribution in [-0.2, 0) is 9.59 Å². The van der Waals surface area contributed by atoms with Crippen molar-refractivity contribution < 1.29 is 9.59 Å². The van der Waals surface area contributed by atoms with Crippen molar-refractivity contribution in [1.82, 2.24) is 20.9 Å². The van der Waals surface area contributed by atoms with Gasteiger partial charge in [-0.2, -0.15) is 0 Å². The molecule has 108 valence electrons. The van der Waals surface area contributed by atoms with Crippen LogP contribution in [0.5, 0.6) is 0 Å². The van der Waals surface area contributed by atoms with Gasteiger partial charge in [0.05, 0.1) is 6.42 Å². The molecule has 0 aromatic heterocycles. The molecule has 0 aromatic rings. The molecule has 0 fully saturated rings. The summed E-state index contributed by atoms with van der Waals surface area (Å²) in [7, 11) is 3.20. The van der Waals surface area contributed by atoms with E-state index in [4.69, 9.17) is 24.4 Å². The number of nitrogens with zero attached hydrogens (tertiary/aromatic N) is 2. The summed E-state index contributed by atoms with van der Waals surface area (Å²) in [4.78, 5) is 23.5. The van der Waals surface area contributed by atoms with Crippen LogP contribution in [0.2, 0.25) is 0 Å². The van der Waals surface area contributed by atoms with Crippen molar-refractivity contribution in [2.75, 3.05) is 14.1 Å². The lowest BCUT2D eigenvalue weighted by Crippen LogP contribution is -2.46. The molecule has 8 heteroatoms. The average Bonchev–Trinajstić information content (AvgIpc) is 2.35. The molecule has 0 spiro atoms. The minimum absolute atomic E-state index is 0.0699. The Labute approximate surface area is 124 Å². The molecule has 0 heterocycles. The monoisotopic (exact) mass is 304 g/mol. The SMILES string of the molecule is CCC(=O)N(C)NC(=S)CC(=S)NN(C)C(=O)CC. The van der Waals surface area contributed by atoms with Crippen LogP contribution in [0.25, 0.3) is 0 Å². The normalized spacial score (nSPS) is 9.47. The van der Waals surface area contributed by atoms with E-state index in [1.165, 1.54) is 10.0 Å². The number of amides is 2. The number of thiocarbonyl (C=S) groups is 2. The van der Waals surface area contributed by atoms with Crippen LogP contribution in [0.3, 0.4) is 0 Å². The van der Waals surface area contributed by atoms with E-state index < -0.39 is 0 Å². The number of hydrazine groups is 2. The van der Waals surface area contributed by atoms with Gasteiger partial charge in [-0.05, 0) is 0 Å². The van der Waals surface area contributed by atoms with E-state index in [9.17, 15) is 9.59 Å². The number of rotatable bonds is 4. The molecule has 2 N–H and O–H groups in total. The summed E-state index contributed by atoms with van der Waals surface area (Å²) < 4.78 is 0. The van der Waals surface area contributed by atoms with Crippen molar-refractivity contribution in [3.8, 4) is 0 Å². The van der Waals surface area contributed by atoms with Crippen molar-refractivity contribution in [1.29, 1.82) is 0 Å². The van der Waals surface area contributed by atoms with Gasteiger partial charge in [0.1, 0.15) is 9.98 Å². The summed E-state index contributed by atoms with van der Waals surface area (Å²) in [6.45, 7) is 3.53. The zero-order valence-electron chi connectivity index (χ0n) is 11.6. The lowest BCUT2D eigenvalue weighted by Gasteiger charge is -2.22. The van der Waals surface area contributed by atoms with E-state index in [0.717, 1.165) is 0 Å². The van der Waals surface area contributed by atoms with Gasteiger partial charge < -0.3 is 0 Å². The first-order valence-corrected chi connectivity index (χ1v) is 6.75. The van der Waals surface area contributed by atoms with Crippen LogP contribution in [0.15, 0.2) is 0 Å². The molecular weight excluding hydrogens is 284 g/mol. The molecule has 0 bridgehead atoms. The highest BCUT2D eigenvalue weighted by Gasteiger charge is 2.11. The highest BCUT2D eigenvalue weighted by Crippen LogP contribution is 1.93. The molecule has 0 radical (unpaired) electrons. The Morgan fingerprint density at radius 1 is 0.895 bits per heavy atom. The Balaban J connectivity index is 4.16. The molecule has 0 aliphatic carbocycles. The first kappa shape index (κ1) is 17.7. The van der Waals surface area contributed by atoms with Gasteiger partial charge in [0.25, 0.3) is 0 Å². The van der Waals surface area contributed by atoms with Crippen LogP contribution >= 0.6 is 24.4 Å². The van der Waals surface area contributed by atoms with E-state index in [1.54, 1.807) is 27.9 Å². The third-order valence-corrected chi connectivity index (χ3v) is 2.73. The molecule has 0 unspecified atom stereocenters. The van der Waals surface area contributed by atoms with Gasteiger partial charge in [0.15, 0.2) is 0 Å². The molecule has 0 saturated carbocycles. The fourth-order valence-electron chi connectivity index (χ4n) is 1.20. The molecule has 0 aromatic carbocycles. The zero-order chi connectivity index (χ0) is 15.0. The molecule has 6 nitrogen and oxygen atoms in total. The second-order valence-electron chi connectivity index (χ2n) is 3.86. The molecule has 0 aliphatic rings. The smallest absolute Gasteiger partial charge is 0.240 e. The maximum Gasteiger partial charge on any atom is 0.240 e. The van der Waals surface area contributed by atoms with Crippen LogP contribution in [0.4, 0.5) is 0 Å². The standard InChI is InChI=1S/C11H20N4O2S2/c1-5-10(16)14(3)12-8(18)7-9(19)13-15(4)11(17)6-2/h5-7H2,1-4H3,(H,12,18)(H,13,19). The van der Waals surface area contributed by atoms with Crippen LogP contribution < -0.4 is 10.9 Å². The molecule has 0 rings (SSSR count). The number of hydrogen-bond donors (Lipinski definition) is 2. The molecular formula is C11H20N4O2S2. The topological polar surface area (TPSA) is 64.7 Å². The molecule has 0 saturated heterocycles. The Morgan fingerprint density at radius 3 is 1.47 bits per heavy atom.